The maximum atomic E-state index is 11.9. The molecule has 2 fully saturated rings. The van der Waals surface area contributed by atoms with Crippen molar-refractivity contribution < 1.29 is 9.59 Å². The molecule has 0 aromatic carbocycles. The summed E-state index contributed by atoms with van der Waals surface area (Å²) in [6.07, 6.45) is 7.41. The fraction of sp³-hybridized carbons (Fsp3) is 0.846. The number of ketones is 2. The summed E-state index contributed by atoms with van der Waals surface area (Å²) in [6.45, 7) is 2.15. The topological polar surface area (TPSA) is 34.1 Å². The van der Waals surface area contributed by atoms with E-state index < -0.39 is 0 Å². The van der Waals surface area contributed by atoms with Crippen molar-refractivity contribution in [2.24, 2.45) is 11.3 Å². The van der Waals surface area contributed by atoms with E-state index in [1.54, 1.807) is 0 Å². The van der Waals surface area contributed by atoms with Gasteiger partial charge in [0.1, 0.15) is 11.6 Å². The van der Waals surface area contributed by atoms with Gasteiger partial charge in [-0.25, -0.2) is 0 Å². The largest absolute Gasteiger partial charge is 0.300 e. The van der Waals surface area contributed by atoms with Crippen LogP contribution in [-0.4, -0.2) is 11.6 Å². The van der Waals surface area contributed by atoms with Crippen molar-refractivity contribution in [1.29, 1.82) is 0 Å². The average molecular weight is 208 g/mol. The highest BCUT2D eigenvalue weighted by Crippen LogP contribution is 2.45. The zero-order chi connectivity index (χ0) is 10.9. The van der Waals surface area contributed by atoms with Crippen LogP contribution in [-0.2, 0) is 9.59 Å². The number of hydrogen-bond acceptors (Lipinski definition) is 2. The summed E-state index contributed by atoms with van der Waals surface area (Å²) in [7, 11) is 0. The first-order valence-electron chi connectivity index (χ1n) is 6.16. The van der Waals surface area contributed by atoms with Crippen LogP contribution < -0.4 is 0 Å². The molecule has 0 heterocycles. The van der Waals surface area contributed by atoms with E-state index >= 15 is 0 Å². The third-order valence-corrected chi connectivity index (χ3v) is 4.20. The van der Waals surface area contributed by atoms with E-state index in [4.69, 9.17) is 0 Å². The Hall–Kier alpha value is -0.660. The zero-order valence-electron chi connectivity index (χ0n) is 9.55. The molecule has 2 heteroatoms. The van der Waals surface area contributed by atoms with E-state index in [9.17, 15) is 9.59 Å². The van der Waals surface area contributed by atoms with Gasteiger partial charge in [0.25, 0.3) is 0 Å². The molecule has 2 saturated carbocycles. The van der Waals surface area contributed by atoms with Crippen LogP contribution in [0.25, 0.3) is 0 Å². The first-order valence-corrected chi connectivity index (χ1v) is 6.16. The summed E-state index contributed by atoms with van der Waals surface area (Å²) in [5.74, 6) is 0.955. The van der Waals surface area contributed by atoms with Crippen molar-refractivity contribution in [3.8, 4) is 0 Å². The van der Waals surface area contributed by atoms with Crippen molar-refractivity contribution in [1.82, 2.24) is 0 Å². The standard InChI is InChI=1S/C13H20O2/c1-13(8-4-5-10(14)9-13)11-6-2-3-7-12(11)15/h11H,2-9H2,1H3. The lowest BCUT2D eigenvalue weighted by Gasteiger charge is -2.41. The second-order valence-electron chi connectivity index (χ2n) is 5.49. The van der Waals surface area contributed by atoms with Gasteiger partial charge in [-0.05, 0) is 31.1 Å². The Balaban J connectivity index is 2.12. The third kappa shape index (κ3) is 2.14. The predicted molar refractivity (Wildman–Crippen MR) is 58.5 cm³/mol. The third-order valence-electron chi connectivity index (χ3n) is 4.20. The molecule has 84 valence electrons. The summed E-state index contributed by atoms with van der Waals surface area (Å²) in [6, 6.07) is 0. The van der Waals surface area contributed by atoms with Crippen LogP contribution in [0.5, 0.6) is 0 Å². The lowest BCUT2D eigenvalue weighted by atomic mass is 9.62. The predicted octanol–water partition coefficient (Wildman–Crippen LogP) is 2.90. The molecule has 2 unspecified atom stereocenters. The highest BCUT2D eigenvalue weighted by atomic mass is 16.1. The second-order valence-corrected chi connectivity index (χ2v) is 5.49. The molecule has 0 aromatic rings. The SMILES string of the molecule is CC1(C2CCCCC2=O)CCCC(=O)C1. The average Bonchev–Trinajstić information content (AvgIpc) is 2.17. The molecule has 0 amide bonds. The first-order chi connectivity index (χ1) is 7.12. The van der Waals surface area contributed by atoms with E-state index in [1.165, 1.54) is 6.42 Å². The van der Waals surface area contributed by atoms with Crippen LogP contribution in [0.1, 0.15) is 58.3 Å². The molecule has 0 aliphatic heterocycles. The van der Waals surface area contributed by atoms with Gasteiger partial charge in [0, 0.05) is 25.2 Å². The van der Waals surface area contributed by atoms with E-state index in [-0.39, 0.29) is 11.3 Å². The molecule has 0 bridgehead atoms. The van der Waals surface area contributed by atoms with Gasteiger partial charge in [-0.3, -0.25) is 9.59 Å². The summed E-state index contributed by atoms with van der Waals surface area (Å²) in [4.78, 5) is 23.4. The second kappa shape index (κ2) is 4.07. The number of carbonyl (C=O) groups excluding carboxylic acids is 2. The van der Waals surface area contributed by atoms with Gasteiger partial charge in [0.15, 0.2) is 0 Å². The number of carbonyl (C=O) groups is 2. The van der Waals surface area contributed by atoms with Crippen molar-refractivity contribution in [2.45, 2.75) is 58.3 Å². The summed E-state index contributed by atoms with van der Waals surface area (Å²) in [5, 5.41) is 0. The summed E-state index contributed by atoms with van der Waals surface area (Å²) < 4.78 is 0. The van der Waals surface area contributed by atoms with Crippen LogP contribution in [0.4, 0.5) is 0 Å². The van der Waals surface area contributed by atoms with Gasteiger partial charge >= 0.3 is 0 Å². The maximum absolute atomic E-state index is 11.9. The van der Waals surface area contributed by atoms with Crippen LogP contribution in [0.2, 0.25) is 0 Å². The van der Waals surface area contributed by atoms with Gasteiger partial charge in [0.2, 0.25) is 0 Å². The van der Waals surface area contributed by atoms with Crippen LogP contribution >= 0.6 is 0 Å². The monoisotopic (exact) mass is 208 g/mol. The lowest BCUT2D eigenvalue weighted by Crippen LogP contribution is -2.39. The Morgan fingerprint density at radius 3 is 2.60 bits per heavy atom. The highest BCUT2D eigenvalue weighted by Gasteiger charge is 2.42. The van der Waals surface area contributed by atoms with Gasteiger partial charge in [-0.15, -0.1) is 0 Å². The zero-order valence-corrected chi connectivity index (χ0v) is 9.55. The fourth-order valence-electron chi connectivity index (χ4n) is 3.33. The van der Waals surface area contributed by atoms with Gasteiger partial charge in [0.05, 0.1) is 0 Å². The van der Waals surface area contributed by atoms with E-state index in [0.29, 0.717) is 18.0 Å². The first kappa shape index (κ1) is 10.8. The molecule has 0 spiro atoms. The van der Waals surface area contributed by atoms with Gasteiger partial charge in [-0.2, -0.15) is 0 Å². The van der Waals surface area contributed by atoms with Crippen LogP contribution in [0, 0.1) is 11.3 Å². The Labute approximate surface area is 91.4 Å². The summed E-state index contributed by atoms with van der Waals surface area (Å²) in [5.41, 5.74) is -0.00711. The molecule has 0 aromatic heterocycles. The molecule has 2 rings (SSSR count). The quantitative estimate of drug-likeness (QED) is 0.664. The molecule has 0 radical (unpaired) electrons. The Morgan fingerprint density at radius 1 is 1.13 bits per heavy atom. The van der Waals surface area contributed by atoms with E-state index in [0.717, 1.165) is 38.5 Å². The summed E-state index contributed by atoms with van der Waals surface area (Å²) >= 11 is 0. The van der Waals surface area contributed by atoms with E-state index in [2.05, 4.69) is 6.92 Å². The van der Waals surface area contributed by atoms with Crippen molar-refractivity contribution in [3.63, 3.8) is 0 Å². The molecular weight excluding hydrogens is 188 g/mol. The normalized spacial score (nSPS) is 38.1. The van der Waals surface area contributed by atoms with Crippen LogP contribution in [0.15, 0.2) is 0 Å². The van der Waals surface area contributed by atoms with E-state index in [1.807, 2.05) is 0 Å². The minimum absolute atomic E-state index is 0.00711. The molecular formula is C13H20O2. The van der Waals surface area contributed by atoms with Gasteiger partial charge < -0.3 is 0 Å². The lowest BCUT2D eigenvalue weighted by molar-refractivity contribution is -0.133. The molecule has 0 saturated heterocycles. The van der Waals surface area contributed by atoms with Crippen molar-refractivity contribution in [2.75, 3.05) is 0 Å². The maximum Gasteiger partial charge on any atom is 0.136 e. The van der Waals surface area contributed by atoms with Crippen molar-refractivity contribution >= 4 is 11.6 Å². The fourth-order valence-corrected chi connectivity index (χ4v) is 3.33. The number of Topliss-reactive ketones (excluding diaryl/α,β-unsaturated/α-hetero) is 2. The Kier molecular flexibility index (Phi) is 2.94. The molecule has 2 aliphatic carbocycles. The Bertz CT molecular complexity index is 282. The van der Waals surface area contributed by atoms with Crippen molar-refractivity contribution in [3.05, 3.63) is 0 Å². The number of rotatable bonds is 1. The molecule has 2 aliphatic rings. The molecule has 0 N–H and O–H groups in total. The molecule has 15 heavy (non-hydrogen) atoms. The minimum atomic E-state index is -0.00711. The van der Waals surface area contributed by atoms with Crippen LogP contribution in [0.3, 0.4) is 0 Å². The minimum Gasteiger partial charge on any atom is -0.300 e. The molecule has 2 atom stereocenters. The highest BCUT2D eigenvalue weighted by molar-refractivity contribution is 5.85. The smallest absolute Gasteiger partial charge is 0.136 e. The Morgan fingerprint density at radius 2 is 1.93 bits per heavy atom. The van der Waals surface area contributed by atoms with Gasteiger partial charge in [-0.1, -0.05) is 13.3 Å². The molecule has 2 nitrogen and oxygen atoms in total. The number of hydrogen-bond donors (Lipinski definition) is 0.